The lowest BCUT2D eigenvalue weighted by atomic mass is 9.79. The summed E-state index contributed by atoms with van der Waals surface area (Å²) in [4.78, 5) is 0. The molecule has 0 saturated carbocycles. The highest BCUT2D eigenvalue weighted by molar-refractivity contribution is 6.73. The van der Waals surface area contributed by atoms with Gasteiger partial charge in [-0.1, -0.05) is 23.2 Å². The quantitative estimate of drug-likeness (QED) is 0.455. The molecule has 0 bridgehead atoms. The minimum atomic E-state index is -5.22. The number of hydrogen-bond acceptors (Lipinski definition) is 0. The van der Waals surface area contributed by atoms with Gasteiger partial charge in [0.2, 0.25) is 0 Å². The molecule has 0 radical (unpaired) electrons. The maximum absolute atomic E-state index is 12.6. The molecular weight excluding hydrogens is 171 g/mol. The van der Waals surface area contributed by atoms with Gasteiger partial charge in [0.05, 0.1) is 5.82 Å². The molecule has 0 N–H and O–H groups in total. The van der Waals surface area contributed by atoms with Crippen molar-refractivity contribution in [2.75, 3.05) is 0 Å². The summed E-state index contributed by atoms with van der Waals surface area (Å²) in [5.74, 6) is -1.20. The monoisotopic (exact) mass is 177 g/mol. The third-order valence-corrected chi connectivity index (χ3v) is 1.50. The lowest BCUT2D eigenvalue weighted by Crippen LogP contribution is -2.36. The molecule has 0 atom stereocenters. The maximum Gasteiger partial charge on any atom is 0.512 e. The fourth-order valence-corrected chi connectivity index (χ4v) is 0.914. The van der Waals surface area contributed by atoms with Crippen molar-refractivity contribution in [2.24, 2.45) is 0 Å². The molecule has 66 valence electrons. The molecule has 0 heterocycles. The van der Waals surface area contributed by atoms with Crippen molar-refractivity contribution in [3.63, 3.8) is 0 Å². The van der Waals surface area contributed by atoms with E-state index >= 15 is 0 Å². The Kier molecular flexibility index (Phi) is 2.13. The molecule has 0 aliphatic carbocycles. The summed E-state index contributed by atoms with van der Waals surface area (Å²) in [6.07, 6.45) is 0. The van der Waals surface area contributed by atoms with Crippen molar-refractivity contribution in [1.82, 2.24) is 0 Å². The van der Waals surface area contributed by atoms with Crippen LogP contribution in [0.5, 0.6) is 0 Å². The summed E-state index contributed by atoms with van der Waals surface area (Å²) in [5, 5.41) is 0. The van der Waals surface area contributed by atoms with E-state index in [9.17, 15) is 17.3 Å². The average molecular weight is 177 g/mol. The molecule has 1 rings (SSSR count). The van der Waals surface area contributed by atoms with Gasteiger partial charge in [0.15, 0.2) is 0 Å². The van der Waals surface area contributed by atoms with Crippen molar-refractivity contribution in [1.29, 1.82) is 0 Å². The third-order valence-electron chi connectivity index (χ3n) is 1.50. The van der Waals surface area contributed by atoms with Crippen LogP contribution in [-0.2, 0) is 0 Å². The highest BCUT2D eigenvalue weighted by Crippen LogP contribution is 2.12. The Balaban J connectivity index is 3.23. The molecule has 0 saturated heterocycles. The molecule has 0 nitrogen and oxygen atoms in total. The number of hydrogen-bond donors (Lipinski definition) is 0. The number of benzene rings is 1. The zero-order chi connectivity index (χ0) is 9.35. The Morgan fingerprint density at radius 1 is 1.17 bits per heavy atom. The second kappa shape index (κ2) is 2.81. The van der Waals surface area contributed by atoms with E-state index in [0.29, 0.717) is 5.56 Å². The predicted octanol–water partition coefficient (Wildman–Crippen LogP) is 2.19. The first kappa shape index (κ1) is 9.10. The summed E-state index contributed by atoms with van der Waals surface area (Å²) < 4.78 is 48.7. The highest BCUT2D eigenvalue weighted by atomic mass is 19.4. The first-order chi connectivity index (χ1) is 5.41. The second-order valence-electron chi connectivity index (χ2n) is 2.60. The lowest BCUT2D eigenvalue weighted by molar-refractivity contribution is 0.494. The first-order valence-corrected chi connectivity index (χ1v) is 3.37. The van der Waals surface area contributed by atoms with E-state index in [-0.39, 0.29) is 0 Å². The smallest absolute Gasteiger partial charge is 0.445 e. The fraction of sp³-hybridized carbons (Fsp3) is 0.143. The molecule has 0 aliphatic rings. The topological polar surface area (TPSA) is 0 Å². The number of aryl methyl sites for hydroxylation is 1. The Labute approximate surface area is 67.3 Å². The predicted molar refractivity (Wildman–Crippen MR) is 39.8 cm³/mol. The summed E-state index contributed by atoms with van der Waals surface area (Å²) in [6, 6.07) is 2.95. The van der Waals surface area contributed by atoms with Crippen LogP contribution in [0.3, 0.4) is 0 Å². The van der Waals surface area contributed by atoms with Crippen LogP contribution in [0.15, 0.2) is 18.2 Å². The van der Waals surface area contributed by atoms with Crippen LogP contribution in [0.4, 0.5) is 17.3 Å². The molecule has 1 aromatic carbocycles. The van der Waals surface area contributed by atoms with E-state index < -0.39 is 18.3 Å². The second-order valence-corrected chi connectivity index (χ2v) is 2.60. The Bertz CT molecular complexity index is 292. The van der Waals surface area contributed by atoms with Crippen LogP contribution in [0.2, 0.25) is 0 Å². The van der Waals surface area contributed by atoms with Gasteiger partial charge in [-0.2, -0.15) is 0 Å². The number of rotatable bonds is 1. The normalized spacial score (nSPS) is 11.8. The molecule has 0 amide bonds. The minimum absolute atomic E-state index is 0.408. The molecule has 1 aromatic rings. The molecule has 0 unspecified atom stereocenters. The third kappa shape index (κ3) is 1.78. The van der Waals surface area contributed by atoms with E-state index in [1.807, 2.05) is 0 Å². The van der Waals surface area contributed by atoms with Crippen LogP contribution in [0, 0.1) is 12.7 Å². The van der Waals surface area contributed by atoms with Gasteiger partial charge in [-0.05, 0) is 13.0 Å². The summed E-state index contributed by atoms with van der Waals surface area (Å²) in [6.45, 7) is -3.73. The summed E-state index contributed by atoms with van der Waals surface area (Å²) in [5.41, 5.74) is -0.736. The fourth-order valence-electron chi connectivity index (χ4n) is 0.914. The van der Waals surface area contributed by atoms with Crippen molar-refractivity contribution in [3.8, 4) is 0 Å². The van der Waals surface area contributed by atoms with Crippen LogP contribution in [0.1, 0.15) is 5.56 Å². The van der Waals surface area contributed by atoms with Gasteiger partial charge in [-0.15, -0.1) is 0 Å². The van der Waals surface area contributed by atoms with Crippen LogP contribution < -0.4 is 5.46 Å². The zero-order valence-electron chi connectivity index (χ0n) is 6.32. The summed E-state index contributed by atoms with van der Waals surface area (Å²) >= 11 is 0. The van der Waals surface area contributed by atoms with Crippen molar-refractivity contribution in [2.45, 2.75) is 6.92 Å². The van der Waals surface area contributed by atoms with Gasteiger partial charge >= 0.3 is 6.98 Å². The van der Waals surface area contributed by atoms with E-state index in [1.54, 1.807) is 0 Å². The van der Waals surface area contributed by atoms with E-state index in [1.165, 1.54) is 13.0 Å². The number of halogens is 4. The molecule has 0 fully saturated rings. The van der Waals surface area contributed by atoms with Crippen LogP contribution in [-0.4, -0.2) is 6.98 Å². The van der Waals surface area contributed by atoms with Crippen molar-refractivity contribution < 1.29 is 17.3 Å². The largest absolute Gasteiger partial charge is 0.512 e. The van der Waals surface area contributed by atoms with Gasteiger partial charge in [-0.3, -0.25) is 0 Å². The van der Waals surface area contributed by atoms with Gasteiger partial charge in [0.1, 0.15) is 0 Å². The Morgan fingerprint density at radius 2 is 1.75 bits per heavy atom. The van der Waals surface area contributed by atoms with Gasteiger partial charge in [0, 0.05) is 0 Å². The molecular formula is C7H6BF4-. The van der Waals surface area contributed by atoms with Gasteiger partial charge in [0.25, 0.3) is 0 Å². The Hall–Kier alpha value is -0.995. The van der Waals surface area contributed by atoms with Gasteiger partial charge < -0.3 is 12.9 Å². The molecule has 5 heteroatoms. The molecule has 12 heavy (non-hydrogen) atoms. The van der Waals surface area contributed by atoms with Crippen molar-refractivity contribution in [3.05, 3.63) is 29.6 Å². The standard InChI is InChI=1S/C7H6BF4/c1-5-2-3-7(9)6(4-5)8(10,11)12/h2-4H,1H3/q-1. The molecule has 0 aromatic heterocycles. The van der Waals surface area contributed by atoms with E-state index in [2.05, 4.69) is 0 Å². The Morgan fingerprint density at radius 3 is 2.17 bits per heavy atom. The first-order valence-electron chi connectivity index (χ1n) is 3.37. The van der Waals surface area contributed by atoms with Crippen molar-refractivity contribution >= 4 is 12.4 Å². The van der Waals surface area contributed by atoms with E-state index in [4.69, 9.17) is 0 Å². The highest BCUT2D eigenvalue weighted by Gasteiger charge is 2.28. The molecule has 0 spiro atoms. The van der Waals surface area contributed by atoms with Crippen LogP contribution in [0.25, 0.3) is 0 Å². The minimum Gasteiger partial charge on any atom is -0.445 e. The van der Waals surface area contributed by atoms with Gasteiger partial charge in [-0.25, -0.2) is 4.39 Å². The molecule has 0 aliphatic heterocycles. The lowest BCUT2D eigenvalue weighted by Gasteiger charge is -2.15. The maximum atomic E-state index is 12.6. The van der Waals surface area contributed by atoms with Crippen LogP contribution >= 0.6 is 0 Å². The van der Waals surface area contributed by atoms with E-state index in [0.717, 1.165) is 12.1 Å². The SMILES string of the molecule is Cc1ccc(F)c([B-](F)(F)F)c1. The summed E-state index contributed by atoms with van der Waals surface area (Å²) in [7, 11) is 0. The zero-order valence-corrected chi connectivity index (χ0v) is 6.32. The average Bonchev–Trinajstić information content (AvgIpc) is 1.92.